The van der Waals surface area contributed by atoms with Crippen molar-refractivity contribution >= 4 is 11.5 Å². The van der Waals surface area contributed by atoms with Gasteiger partial charge in [0.05, 0.1) is 6.26 Å². The molecule has 0 amide bonds. The number of hydrogen-bond acceptors (Lipinski definition) is 3. The summed E-state index contributed by atoms with van der Waals surface area (Å²) in [6.07, 6.45) is 2.50. The van der Waals surface area contributed by atoms with Crippen LogP contribution < -0.4 is 5.32 Å². The van der Waals surface area contributed by atoms with E-state index in [9.17, 15) is 4.79 Å². The fourth-order valence-corrected chi connectivity index (χ4v) is 2.00. The molecule has 0 saturated carbocycles. The highest BCUT2D eigenvalue weighted by molar-refractivity contribution is 6.07. The van der Waals surface area contributed by atoms with E-state index in [1.54, 1.807) is 12.1 Å². The van der Waals surface area contributed by atoms with Gasteiger partial charge in [-0.05, 0) is 42.3 Å². The van der Waals surface area contributed by atoms with Gasteiger partial charge in [0, 0.05) is 17.8 Å². The Balaban J connectivity index is 1.99. The number of carbonyl (C=O) groups excluding carboxylic acids is 1. The average molecular weight is 213 g/mol. The third-order valence-electron chi connectivity index (χ3n) is 2.82. The molecule has 2 aromatic rings. The van der Waals surface area contributed by atoms with Gasteiger partial charge >= 0.3 is 0 Å². The van der Waals surface area contributed by atoms with Crippen molar-refractivity contribution in [3.05, 3.63) is 53.5 Å². The van der Waals surface area contributed by atoms with Gasteiger partial charge in [-0.3, -0.25) is 4.79 Å². The van der Waals surface area contributed by atoms with Crippen molar-refractivity contribution in [2.24, 2.45) is 0 Å². The molecule has 0 bridgehead atoms. The Morgan fingerprint density at radius 2 is 2.25 bits per heavy atom. The molecule has 3 nitrogen and oxygen atoms in total. The highest BCUT2D eigenvalue weighted by atomic mass is 16.3. The first kappa shape index (κ1) is 9.21. The van der Waals surface area contributed by atoms with E-state index in [1.165, 1.54) is 11.8 Å². The lowest BCUT2D eigenvalue weighted by atomic mass is 10.0. The quantitative estimate of drug-likeness (QED) is 0.779. The van der Waals surface area contributed by atoms with E-state index in [0.717, 1.165) is 18.7 Å². The Kier molecular flexibility index (Phi) is 2.03. The lowest BCUT2D eigenvalue weighted by molar-refractivity contribution is 0.101. The number of furan rings is 1. The Morgan fingerprint density at radius 1 is 1.31 bits per heavy atom. The minimum absolute atomic E-state index is 0.0558. The number of hydrogen-bond donors (Lipinski definition) is 1. The number of fused-ring (bicyclic) bond motifs is 1. The summed E-state index contributed by atoms with van der Waals surface area (Å²) in [5, 5.41) is 3.27. The number of nitrogens with one attached hydrogen (secondary N) is 1. The molecule has 1 aromatic heterocycles. The summed E-state index contributed by atoms with van der Waals surface area (Å²) in [5.41, 5.74) is 3.03. The fraction of sp³-hybridized carbons (Fsp3) is 0.154. The molecule has 0 unspecified atom stereocenters. The molecule has 0 atom stereocenters. The van der Waals surface area contributed by atoms with Gasteiger partial charge in [0.25, 0.3) is 0 Å². The maximum Gasteiger partial charge on any atom is 0.228 e. The van der Waals surface area contributed by atoms with Crippen LogP contribution in [-0.2, 0) is 6.42 Å². The minimum atomic E-state index is -0.0558. The van der Waals surface area contributed by atoms with E-state index in [4.69, 9.17) is 4.42 Å². The zero-order chi connectivity index (χ0) is 11.0. The van der Waals surface area contributed by atoms with Gasteiger partial charge in [-0.2, -0.15) is 0 Å². The summed E-state index contributed by atoms with van der Waals surface area (Å²) < 4.78 is 5.10. The molecule has 80 valence electrons. The van der Waals surface area contributed by atoms with E-state index in [-0.39, 0.29) is 5.78 Å². The molecule has 1 aromatic carbocycles. The maximum absolute atomic E-state index is 12.0. The Morgan fingerprint density at radius 3 is 3.06 bits per heavy atom. The Hall–Kier alpha value is -2.03. The van der Waals surface area contributed by atoms with Crippen LogP contribution in [0.2, 0.25) is 0 Å². The standard InChI is InChI=1S/C13H11NO2/c15-13(12-2-1-7-16-12)10-3-4-11-9(8-10)5-6-14-11/h1-4,7-8,14H,5-6H2. The molecule has 3 heteroatoms. The van der Waals surface area contributed by atoms with Crippen LogP contribution in [0.3, 0.4) is 0 Å². The summed E-state index contributed by atoms with van der Waals surface area (Å²) in [6, 6.07) is 9.15. The summed E-state index contributed by atoms with van der Waals surface area (Å²) in [5.74, 6) is 0.339. The molecule has 16 heavy (non-hydrogen) atoms. The normalized spacial score (nSPS) is 13.2. The van der Waals surface area contributed by atoms with Crippen molar-refractivity contribution < 1.29 is 9.21 Å². The van der Waals surface area contributed by atoms with Crippen LogP contribution in [0.1, 0.15) is 21.7 Å². The number of rotatable bonds is 2. The van der Waals surface area contributed by atoms with Gasteiger partial charge in [-0.25, -0.2) is 0 Å². The highest BCUT2D eigenvalue weighted by Gasteiger charge is 2.15. The van der Waals surface area contributed by atoms with Gasteiger partial charge < -0.3 is 9.73 Å². The Bertz CT molecular complexity index is 529. The predicted octanol–water partition coefficient (Wildman–Crippen LogP) is 2.48. The molecule has 0 fully saturated rings. The van der Waals surface area contributed by atoms with Gasteiger partial charge in [0.15, 0.2) is 5.76 Å². The smallest absolute Gasteiger partial charge is 0.228 e. The molecular weight excluding hydrogens is 202 g/mol. The number of ketones is 1. The molecule has 1 aliphatic rings. The maximum atomic E-state index is 12.0. The summed E-state index contributed by atoms with van der Waals surface area (Å²) in [7, 11) is 0. The van der Waals surface area contributed by atoms with E-state index in [1.807, 2.05) is 18.2 Å². The predicted molar refractivity (Wildman–Crippen MR) is 60.8 cm³/mol. The van der Waals surface area contributed by atoms with E-state index < -0.39 is 0 Å². The summed E-state index contributed by atoms with van der Waals surface area (Å²) >= 11 is 0. The molecule has 1 aliphatic heterocycles. The van der Waals surface area contributed by atoms with Crippen LogP contribution >= 0.6 is 0 Å². The fourth-order valence-electron chi connectivity index (χ4n) is 2.00. The lowest BCUT2D eigenvalue weighted by Gasteiger charge is -2.02. The van der Waals surface area contributed by atoms with Crippen LogP contribution in [0.4, 0.5) is 5.69 Å². The van der Waals surface area contributed by atoms with Crippen LogP contribution in [0, 0.1) is 0 Å². The third-order valence-corrected chi connectivity index (χ3v) is 2.82. The summed E-state index contributed by atoms with van der Waals surface area (Å²) in [6.45, 7) is 0.952. The second-order valence-electron chi connectivity index (χ2n) is 3.86. The molecule has 2 heterocycles. The van der Waals surface area contributed by atoms with Crippen molar-refractivity contribution in [1.82, 2.24) is 0 Å². The Labute approximate surface area is 93.1 Å². The number of carbonyl (C=O) groups is 1. The highest BCUT2D eigenvalue weighted by Crippen LogP contribution is 2.24. The first-order valence-electron chi connectivity index (χ1n) is 5.29. The second kappa shape index (κ2) is 3.52. The molecular formula is C13H11NO2. The molecule has 0 saturated heterocycles. The molecule has 1 N–H and O–H groups in total. The molecule has 0 radical (unpaired) electrons. The largest absolute Gasteiger partial charge is 0.461 e. The van der Waals surface area contributed by atoms with Crippen molar-refractivity contribution in [2.45, 2.75) is 6.42 Å². The monoisotopic (exact) mass is 213 g/mol. The first-order chi connectivity index (χ1) is 7.84. The molecule has 0 aliphatic carbocycles. The second-order valence-corrected chi connectivity index (χ2v) is 3.86. The van der Waals surface area contributed by atoms with Gasteiger partial charge in [-0.1, -0.05) is 0 Å². The van der Waals surface area contributed by atoms with Crippen LogP contribution in [0.15, 0.2) is 41.0 Å². The van der Waals surface area contributed by atoms with Gasteiger partial charge in [0.2, 0.25) is 5.78 Å². The van der Waals surface area contributed by atoms with Crippen molar-refractivity contribution in [3.8, 4) is 0 Å². The lowest BCUT2D eigenvalue weighted by Crippen LogP contribution is -2.00. The average Bonchev–Trinajstić information content (AvgIpc) is 2.98. The van der Waals surface area contributed by atoms with Crippen molar-refractivity contribution in [3.63, 3.8) is 0 Å². The minimum Gasteiger partial charge on any atom is -0.461 e. The van der Waals surface area contributed by atoms with E-state index in [0.29, 0.717) is 11.3 Å². The topological polar surface area (TPSA) is 42.2 Å². The van der Waals surface area contributed by atoms with E-state index in [2.05, 4.69) is 5.32 Å². The third kappa shape index (κ3) is 1.41. The zero-order valence-electron chi connectivity index (χ0n) is 8.69. The van der Waals surface area contributed by atoms with Crippen molar-refractivity contribution in [2.75, 3.05) is 11.9 Å². The number of benzene rings is 1. The zero-order valence-corrected chi connectivity index (χ0v) is 8.69. The van der Waals surface area contributed by atoms with Crippen LogP contribution in [0.25, 0.3) is 0 Å². The van der Waals surface area contributed by atoms with Crippen LogP contribution in [0.5, 0.6) is 0 Å². The SMILES string of the molecule is O=C(c1ccc2c(c1)CCN2)c1ccco1. The van der Waals surface area contributed by atoms with E-state index >= 15 is 0 Å². The molecule has 0 spiro atoms. The van der Waals surface area contributed by atoms with Gasteiger partial charge in [-0.15, -0.1) is 0 Å². The summed E-state index contributed by atoms with van der Waals surface area (Å²) in [4.78, 5) is 12.0. The van der Waals surface area contributed by atoms with Crippen LogP contribution in [-0.4, -0.2) is 12.3 Å². The first-order valence-corrected chi connectivity index (χ1v) is 5.29. The number of anilines is 1. The molecule has 3 rings (SSSR count). The van der Waals surface area contributed by atoms with Gasteiger partial charge in [0.1, 0.15) is 0 Å². The van der Waals surface area contributed by atoms with Crippen molar-refractivity contribution in [1.29, 1.82) is 0 Å².